The number of rotatable bonds is 11. The molecule has 2 aliphatic rings. The molecule has 0 spiro atoms. The van der Waals surface area contributed by atoms with Gasteiger partial charge in [0.2, 0.25) is 12.7 Å². The van der Waals surface area contributed by atoms with E-state index in [1.165, 1.54) is 6.92 Å². The second kappa shape index (κ2) is 15.0. The first kappa shape index (κ1) is 30.5. The van der Waals surface area contributed by atoms with Crippen molar-refractivity contribution >= 4 is 46.9 Å². The summed E-state index contributed by atoms with van der Waals surface area (Å²) >= 11 is 12.6. The molecule has 11 heteroatoms. The summed E-state index contributed by atoms with van der Waals surface area (Å²) in [6, 6.07) is 5.37. The van der Waals surface area contributed by atoms with Gasteiger partial charge in [0.1, 0.15) is 5.75 Å². The molecule has 0 radical (unpaired) electrons. The summed E-state index contributed by atoms with van der Waals surface area (Å²) in [5, 5.41) is 1.04. The molecule has 0 unspecified atom stereocenters. The first-order valence-corrected chi connectivity index (χ1v) is 13.7. The fraction of sp³-hybridized carbons (Fsp3) is 0.464. The van der Waals surface area contributed by atoms with E-state index in [9.17, 15) is 14.4 Å². The lowest BCUT2D eigenvalue weighted by Gasteiger charge is -2.37. The zero-order valence-corrected chi connectivity index (χ0v) is 23.9. The van der Waals surface area contributed by atoms with Crippen molar-refractivity contribution in [1.82, 2.24) is 9.80 Å². The molecule has 9 nitrogen and oxygen atoms in total. The van der Waals surface area contributed by atoms with Crippen LogP contribution in [0, 0.1) is 0 Å². The Morgan fingerprint density at radius 2 is 1.79 bits per heavy atom. The number of fused-ring (bicyclic) bond motifs is 1. The Labute approximate surface area is 239 Å². The Balaban J connectivity index is 1.44. The minimum atomic E-state index is -0.885. The average molecular weight is 581 g/mol. The summed E-state index contributed by atoms with van der Waals surface area (Å²) in [7, 11) is 0. The van der Waals surface area contributed by atoms with Crippen molar-refractivity contribution in [1.29, 1.82) is 0 Å². The van der Waals surface area contributed by atoms with E-state index in [1.54, 1.807) is 18.2 Å². The van der Waals surface area contributed by atoms with E-state index in [-0.39, 0.29) is 12.3 Å². The van der Waals surface area contributed by atoms with E-state index < -0.39 is 18.9 Å². The predicted molar refractivity (Wildman–Crippen MR) is 151 cm³/mol. The van der Waals surface area contributed by atoms with Crippen molar-refractivity contribution in [3.63, 3.8) is 0 Å². The maximum atomic E-state index is 12.5. The van der Waals surface area contributed by atoms with E-state index in [1.807, 2.05) is 19.1 Å². The Kier molecular flexibility index (Phi) is 11.7. The van der Waals surface area contributed by atoms with Gasteiger partial charge in [-0.2, -0.15) is 0 Å². The van der Waals surface area contributed by atoms with Gasteiger partial charge in [0.25, 0.3) is 0 Å². The van der Waals surface area contributed by atoms with Gasteiger partial charge in [-0.1, -0.05) is 41.9 Å². The number of esters is 1. The molecule has 0 N–H and O–H groups in total. The highest BCUT2D eigenvalue weighted by Crippen LogP contribution is 2.32. The lowest BCUT2D eigenvalue weighted by Crippen LogP contribution is -2.45. The number of ether oxygens (including phenoxy) is 3. The maximum absolute atomic E-state index is 12.5. The van der Waals surface area contributed by atoms with Crippen LogP contribution in [-0.4, -0.2) is 73.9 Å². The van der Waals surface area contributed by atoms with Gasteiger partial charge in [0.05, 0.1) is 22.4 Å². The molecule has 0 bridgehead atoms. The number of carbonyl (C=O) groups excluding carboxylic acids is 3. The third-order valence-corrected chi connectivity index (χ3v) is 7.45. The molecule has 0 aliphatic carbocycles. The minimum absolute atomic E-state index is 0.188. The molecule has 2 amide bonds. The number of benzene rings is 1. The van der Waals surface area contributed by atoms with Gasteiger partial charge in [0.15, 0.2) is 0 Å². The molecular formula is C28H35Cl2N3O6. The van der Waals surface area contributed by atoms with Gasteiger partial charge in [-0.05, 0) is 50.4 Å². The second-order valence-electron chi connectivity index (χ2n) is 9.22. The van der Waals surface area contributed by atoms with E-state index in [4.69, 9.17) is 32.7 Å². The quantitative estimate of drug-likeness (QED) is 0.153. The number of halogens is 2. The number of allylic oxidation sites excluding steroid dienone is 5. The van der Waals surface area contributed by atoms with Crippen LogP contribution in [0.25, 0.3) is 0 Å². The lowest BCUT2D eigenvalue weighted by atomic mass is 10.0. The number of anilines is 1. The zero-order valence-electron chi connectivity index (χ0n) is 22.4. The summed E-state index contributed by atoms with van der Waals surface area (Å²) in [6.07, 6.45) is 4.96. The molecule has 1 fully saturated rings. The Bertz CT molecular complexity index is 1130. The number of imide groups is 1. The summed E-state index contributed by atoms with van der Waals surface area (Å²) in [6.45, 7) is 11.4. The van der Waals surface area contributed by atoms with Crippen molar-refractivity contribution in [2.24, 2.45) is 0 Å². The van der Waals surface area contributed by atoms with Crippen LogP contribution in [0.4, 0.5) is 10.5 Å². The van der Waals surface area contributed by atoms with Crippen LogP contribution in [0.1, 0.15) is 38.7 Å². The number of nitrogens with zero attached hydrogens (tertiary/aromatic N) is 3. The van der Waals surface area contributed by atoms with Gasteiger partial charge in [0, 0.05) is 51.3 Å². The SMILES string of the molecule is C=C/C=C(Cl)\C(Cl)=C(/C)N1CCN(CCCCOc2ccc3c(c2)N(C(=O)OCOC(C)=O)C(=O)CC3)CC1. The van der Waals surface area contributed by atoms with Crippen LogP contribution in [0.2, 0.25) is 0 Å². The van der Waals surface area contributed by atoms with Crippen LogP contribution in [0.15, 0.2) is 52.7 Å². The van der Waals surface area contributed by atoms with Gasteiger partial charge in [-0.15, -0.1) is 0 Å². The zero-order chi connectivity index (χ0) is 28.4. The minimum Gasteiger partial charge on any atom is -0.494 e. The fourth-order valence-corrected chi connectivity index (χ4v) is 4.80. The highest BCUT2D eigenvalue weighted by molar-refractivity contribution is 6.44. The van der Waals surface area contributed by atoms with Crippen LogP contribution in [0.5, 0.6) is 5.75 Å². The lowest BCUT2D eigenvalue weighted by molar-refractivity contribution is -0.148. The van der Waals surface area contributed by atoms with Gasteiger partial charge in [-0.3, -0.25) is 14.5 Å². The molecule has 0 saturated carbocycles. The number of amides is 2. The molecule has 1 aromatic carbocycles. The molecule has 2 heterocycles. The summed E-state index contributed by atoms with van der Waals surface area (Å²) in [5.74, 6) is -0.392. The van der Waals surface area contributed by atoms with Crippen molar-refractivity contribution in [3.05, 3.63) is 58.3 Å². The topological polar surface area (TPSA) is 88.6 Å². The number of piperazine rings is 1. The Morgan fingerprint density at radius 1 is 1.05 bits per heavy atom. The van der Waals surface area contributed by atoms with Crippen molar-refractivity contribution in [3.8, 4) is 5.75 Å². The standard InChI is InChI=1S/C28H35Cl2N3O6/c1-4-7-24(29)27(30)20(2)32-15-13-31(14-16-32)12-5-6-17-37-23-10-8-22-9-11-26(35)33(25(22)18-23)28(36)39-19-38-21(3)34/h4,7-8,10,18H,1,5-6,9,11-17,19H2,2-3H3/b24-7+,27-20-. The number of carbonyl (C=O) groups is 3. The molecular weight excluding hydrogens is 545 g/mol. The van der Waals surface area contributed by atoms with Crippen LogP contribution >= 0.6 is 23.2 Å². The molecule has 2 aliphatic heterocycles. The molecule has 1 aromatic rings. The largest absolute Gasteiger partial charge is 0.494 e. The maximum Gasteiger partial charge on any atom is 0.424 e. The molecule has 1 saturated heterocycles. The fourth-order valence-electron chi connectivity index (χ4n) is 4.39. The normalized spacial score (nSPS) is 16.8. The number of hydrogen-bond donors (Lipinski definition) is 0. The first-order valence-electron chi connectivity index (χ1n) is 12.9. The summed E-state index contributed by atoms with van der Waals surface area (Å²) < 4.78 is 15.5. The summed E-state index contributed by atoms with van der Waals surface area (Å²) in [5.41, 5.74) is 2.24. The van der Waals surface area contributed by atoms with Crippen molar-refractivity contribution in [2.75, 3.05) is 51.0 Å². The number of hydrogen-bond acceptors (Lipinski definition) is 8. The molecule has 39 heavy (non-hydrogen) atoms. The van der Waals surface area contributed by atoms with Crippen LogP contribution < -0.4 is 9.64 Å². The number of unbranched alkanes of at least 4 members (excludes halogenated alkanes) is 1. The Hall–Kier alpha value is -3.01. The van der Waals surface area contributed by atoms with E-state index in [0.717, 1.165) is 61.7 Å². The molecule has 3 rings (SSSR count). The van der Waals surface area contributed by atoms with Gasteiger partial charge in [-0.25, -0.2) is 9.69 Å². The highest BCUT2D eigenvalue weighted by atomic mass is 35.5. The van der Waals surface area contributed by atoms with Crippen LogP contribution in [0.3, 0.4) is 0 Å². The molecule has 212 valence electrons. The van der Waals surface area contributed by atoms with E-state index in [2.05, 4.69) is 21.1 Å². The molecule has 0 aromatic heterocycles. The number of aryl methyl sites for hydroxylation is 1. The van der Waals surface area contributed by atoms with Crippen LogP contribution in [-0.2, 0) is 25.5 Å². The van der Waals surface area contributed by atoms with E-state index in [0.29, 0.717) is 34.5 Å². The molecule has 0 atom stereocenters. The third kappa shape index (κ3) is 8.74. The van der Waals surface area contributed by atoms with Crippen molar-refractivity contribution < 1.29 is 28.6 Å². The van der Waals surface area contributed by atoms with Gasteiger partial charge >= 0.3 is 12.1 Å². The second-order valence-corrected chi connectivity index (χ2v) is 10.0. The van der Waals surface area contributed by atoms with Gasteiger partial charge < -0.3 is 19.1 Å². The monoisotopic (exact) mass is 579 g/mol. The summed E-state index contributed by atoms with van der Waals surface area (Å²) in [4.78, 5) is 41.5. The predicted octanol–water partition coefficient (Wildman–Crippen LogP) is 5.18. The highest BCUT2D eigenvalue weighted by Gasteiger charge is 2.31. The van der Waals surface area contributed by atoms with E-state index >= 15 is 0 Å². The smallest absolute Gasteiger partial charge is 0.424 e. The Morgan fingerprint density at radius 3 is 2.49 bits per heavy atom. The van der Waals surface area contributed by atoms with Crippen molar-refractivity contribution in [2.45, 2.75) is 39.5 Å². The average Bonchev–Trinajstić information content (AvgIpc) is 2.92. The third-order valence-electron chi connectivity index (χ3n) is 6.56. The first-order chi connectivity index (χ1) is 18.7.